The van der Waals surface area contributed by atoms with E-state index in [2.05, 4.69) is 11.9 Å². The summed E-state index contributed by atoms with van der Waals surface area (Å²) in [6.07, 6.45) is 2.97. The molecule has 0 saturated heterocycles. The molecule has 0 saturated carbocycles. The summed E-state index contributed by atoms with van der Waals surface area (Å²) in [6.45, 7) is 6.10. The SMILES string of the molecule is CCc1ccc(OC(C)C)cn1. The number of hydrogen-bond donors (Lipinski definition) is 0. The molecule has 66 valence electrons. The largest absolute Gasteiger partial charge is 0.489 e. The van der Waals surface area contributed by atoms with Crippen molar-refractivity contribution >= 4 is 0 Å². The lowest BCUT2D eigenvalue weighted by Gasteiger charge is -2.08. The van der Waals surface area contributed by atoms with Gasteiger partial charge in [0.05, 0.1) is 12.3 Å². The van der Waals surface area contributed by atoms with E-state index < -0.39 is 0 Å². The Morgan fingerprint density at radius 3 is 2.58 bits per heavy atom. The Morgan fingerprint density at radius 1 is 1.42 bits per heavy atom. The molecule has 0 unspecified atom stereocenters. The third-order valence-corrected chi connectivity index (χ3v) is 1.53. The van der Waals surface area contributed by atoms with Crippen molar-refractivity contribution in [3.05, 3.63) is 24.0 Å². The van der Waals surface area contributed by atoms with Crippen molar-refractivity contribution in [1.29, 1.82) is 0 Å². The standard InChI is InChI=1S/C10H15NO/c1-4-9-5-6-10(7-11-9)12-8(2)3/h5-8H,4H2,1-3H3. The molecule has 12 heavy (non-hydrogen) atoms. The second-order valence-corrected chi connectivity index (χ2v) is 3.01. The molecule has 0 bridgehead atoms. The fourth-order valence-corrected chi connectivity index (χ4v) is 0.962. The lowest BCUT2D eigenvalue weighted by atomic mass is 10.3. The highest BCUT2D eigenvalue weighted by molar-refractivity contribution is 5.19. The highest BCUT2D eigenvalue weighted by atomic mass is 16.5. The minimum absolute atomic E-state index is 0.222. The van der Waals surface area contributed by atoms with Crippen LogP contribution >= 0.6 is 0 Å². The minimum atomic E-state index is 0.222. The van der Waals surface area contributed by atoms with Crippen LogP contribution in [0.2, 0.25) is 0 Å². The first kappa shape index (κ1) is 9.04. The zero-order valence-corrected chi connectivity index (χ0v) is 7.87. The summed E-state index contributed by atoms with van der Waals surface area (Å²) in [5, 5.41) is 0. The van der Waals surface area contributed by atoms with Crippen molar-refractivity contribution in [2.75, 3.05) is 0 Å². The average molecular weight is 165 g/mol. The van der Waals surface area contributed by atoms with E-state index in [1.165, 1.54) is 0 Å². The molecule has 0 atom stereocenters. The van der Waals surface area contributed by atoms with Gasteiger partial charge in [-0.05, 0) is 32.4 Å². The van der Waals surface area contributed by atoms with Gasteiger partial charge in [-0.1, -0.05) is 6.92 Å². The number of rotatable bonds is 3. The molecular formula is C10H15NO. The van der Waals surface area contributed by atoms with Crippen LogP contribution < -0.4 is 4.74 Å². The number of aryl methyl sites for hydroxylation is 1. The van der Waals surface area contributed by atoms with Crippen LogP contribution in [0.5, 0.6) is 5.75 Å². The van der Waals surface area contributed by atoms with Gasteiger partial charge in [0.1, 0.15) is 5.75 Å². The van der Waals surface area contributed by atoms with Crippen molar-refractivity contribution in [2.24, 2.45) is 0 Å². The molecule has 1 heterocycles. The molecule has 0 amide bonds. The van der Waals surface area contributed by atoms with Crippen molar-refractivity contribution in [2.45, 2.75) is 33.3 Å². The van der Waals surface area contributed by atoms with Crippen LogP contribution in [-0.4, -0.2) is 11.1 Å². The van der Waals surface area contributed by atoms with Crippen LogP contribution in [0.15, 0.2) is 18.3 Å². The van der Waals surface area contributed by atoms with Gasteiger partial charge in [-0.2, -0.15) is 0 Å². The minimum Gasteiger partial charge on any atom is -0.489 e. The van der Waals surface area contributed by atoms with Crippen molar-refractivity contribution in [3.63, 3.8) is 0 Å². The fraction of sp³-hybridized carbons (Fsp3) is 0.500. The highest BCUT2D eigenvalue weighted by Crippen LogP contribution is 2.10. The molecule has 2 nitrogen and oxygen atoms in total. The second-order valence-electron chi connectivity index (χ2n) is 3.01. The molecule has 0 aliphatic rings. The Balaban J connectivity index is 2.65. The number of ether oxygens (including phenoxy) is 1. The van der Waals surface area contributed by atoms with Gasteiger partial charge < -0.3 is 4.74 Å². The first-order valence-electron chi connectivity index (χ1n) is 4.34. The van der Waals surface area contributed by atoms with Crippen molar-refractivity contribution in [3.8, 4) is 5.75 Å². The van der Waals surface area contributed by atoms with E-state index in [4.69, 9.17) is 4.74 Å². The fourth-order valence-electron chi connectivity index (χ4n) is 0.962. The predicted octanol–water partition coefficient (Wildman–Crippen LogP) is 2.43. The van der Waals surface area contributed by atoms with Gasteiger partial charge in [0.2, 0.25) is 0 Å². The van der Waals surface area contributed by atoms with Crippen LogP contribution in [-0.2, 0) is 6.42 Å². The maximum absolute atomic E-state index is 5.45. The van der Waals surface area contributed by atoms with Gasteiger partial charge in [-0.15, -0.1) is 0 Å². The van der Waals surface area contributed by atoms with E-state index in [1.807, 2.05) is 26.0 Å². The van der Waals surface area contributed by atoms with E-state index >= 15 is 0 Å². The van der Waals surface area contributed by atoms with Crippen LogP contribution in [0, 0.1) is 0 Å². The molecule has 0 aromatic carbocycles. The molecule has 1 aromatic rings. The van der Waals surface area contributed by atoms with E-state index in [0.717, 1.165) is 17.9 Å². The van der Waals surface area contributed by atoms with E-state index in [1.54, 1.807) is 6.20 Å². The van der Waals surface area contributed by atoms with E-state index in [-0.39, 0.29) is 6.10 Å². The third-order valence-electron chi connectivity index (χ3n) is 1.53. The molecule has 0 aliphatic heterocycles. The molecule has 1 rings (SSSR count). The van der Waals surface area contributed by atoms with Gasteiger partial charge in [0.25, 0.3) is 0 Å². The van der Waals surface area contributed by atoms with Crippen LogP contribution in [0.4, 0.5) is 0 Å². The lowest BCUT2D eigenvalue weighted by molar-refractivity contribution is 0.241. The summed E-state index contributed by atoms with van der Waals surface area (Å²) in [7, 11) is 0. The number of aromatic nitrogens is 1. The molecule has 0 spiro atoms. The number of nitrogens with zero attached hydrogens (tertiary/aromatic N) is 1. The summed E-state index contributed by atoms with van der Waals surface area (Å²) in [5.74, 6) is 0.849. The van der Waals surface area contributed by atoms with Crippen molar-refractivity contribution < 1.29 is 4.74 Å². The normalized spacial score (nSPS) is 10.3. The smallest absolute Gasteiger partial charge is 0.137 e. The zero-order valence-electron chi connectivity index (χ0n) is 7.87. The maximum Gasteiger partial charge on any atom is 0.137 e. The first-order chi connectivity index (χ1) is 5.72. The molecule has 1 aromatic heterocycles. The third kappa shape index (κ3) is 2.53. The van der Waals surface area contributed by atoms with Gasteiger partial charge in [0.15, 0.2) is 0 Å². The van der Waals surface area contributed by atoms with Gasteiger partial charge >= 0.3 is 0 Å². The summed E-state index contributed by atoms with van der Waals surface area (Å²) >= 11 is 0. The molecule has 2 heteroatoms. The number of pyridine rings is 1. The predicted molar refractivity (Wildman–Crippen MR) is 49.4 cm³/mol. The Kier molecular flexibility index (Phi) is 3.09. The highest BCUT2D eigenvalue weighted by Gasteiger charge is 1.97. The van der Waals surface area contributed by atoms with Crippen molar-refractivity contribution in [1.82, 2.24) is 4.98 Å². The Bertz CT molecular complexity index is 228. The molecule has 0 aliphatic carbocycles. The van der Waals surface area contributed by atoms with E-state index in [0.29, 0.717) is 0 Å². The average Bonchev–Trinajstić information content (AvgIpc) is 2.05. The van der Waals surface area contributed by atoms with Crippen LogP contribution in [0.25, 0.3) is 0 Å². The Morgan fingerprint density at radius 2 is 2.17 bits per heavy atom. The second kappa shape index (κ2) is 4.10. The van der Waals surface area contributed by atoms with Crippen LogP contribution in [0.1, 0.15) is 26.5 Å². The maximum atomic E-state index is 5.45. The number of hydrogen-bond acceptors (Lipinski definition) is 2. The quantitative estimate of drug-likeness (QED) is 0.686. The van der Waals surface area contributed by atoms with Crippen LogP contribution in [0.3, 0.4) is 0 Å². The zero-order chi connectivity index (χ0) is 8.97. The Hall–Kier alpha value is -1.05. The Labute approximate surface area is 73.6 Å². The summed E-state index contributed by atoms with van der Waals surface area (Å²) < 4.78 is 5.45. The molecule has 0 fully saturated rings. The van der Waals surface area contributed by atoms with Gasteiger partial charge in [-0.3, -0.25) is 4.98 Å². The topological polar surface area (TPSA) is 22.1 Å². The summed E-state index contributed by atoms with van der Waals surface area (Å²) in [4.78, 5) is 4.23. The summed E-state index contributed by atoms with van der Waals surface area (Å²) in [6, 6.07) is 3.96. The van der Waals surface area contributed by atoms with Gasteiger partial charge in [-0.25, -0.2) is 0 Å². The van der Waals surface area contributed by atoms with E-state index in [9.17, 15) is 0 Å². The lowest BCUT2D eigenvalue weighted by Crippen LogP contribution is -2.05. The monoisotopic (exact) mass is 165 g/mol. The van der Waals surface area contributed by atoms with Gasteiger partial charge in [0, 0.05) is 5.69 Å². The first-order valence-corrected chi connectivity index (χ1v) is 4.34. The molecule has 0 radical (unpaired) electrons. The molecule has 0 N–H and O–H groups in total. The summed E-state index contributed by atoms with van der Waals surface area (Å²) in [5.41, 5.74) is 1.10. The molecular weight excluding hydrogens is 150 g/mol.